The number of benzene rings is 1. The Hall–Kier alpha value is -1.10. The summed E-state index contributed by atoms with van der Waals surface area (Å²) >= 11 is 0. The molecule has 0 saturated carbocycles. The molecule has 0 aliphatic carbocycles. The number of nitrogens with two attached hydrogens (primary N) is 1. The zero-order valence-electron chi connectivity index (χ0n) is 12.6. The number of likely N-dealkylation sites (N-methyl/N-ethyl adjacent to an activating group) is 1. The molecule has 0 heterocycles. The minimum Gasteiger partial charge on any atom is -0.497 e. The molecular weight excluding hydrogens is 238 g/mol. The maximum Gasteiger partial charge on any atom is 0.119 e. The van der Waals surface area contributed by atoms with E-state index in [0.29, 0.717) is 0 Å². The molecule has 1 aromatic carbocycles. The van der Waals surface area contributed by atoms with Crippen LogP contribution in [0.2, 0.25) is 0 Å². The molecule has 0 fully saturated rings. The molecule has 0 aromatic heterocycles. The van der Waals surface area contributed by atoms with Gasteiger partial charge in [-0.3, -0.25) is 0 Å². The Bertz CT molecular complexity index is 368. The van der Waals surface area contributed by atoms with E-state index in [-0.39, 0.29) is 6.04 Å². The lowest BCUT2D eigenvalue weighted by atomic mass is 10.1. The highest BCUT2D eigenvalue weighted by molar-refractivity contribution is 5.30. The fourth-order valence-electron chi connectivity index (χ4n) is 2.06. The number of rotatable bonds is 8. The van der Waals surface area contributed by atoms with Gasteiger partial charge in [0.1, 0.15) is 5.75 Å². The topological polar surface area (TPSA) is 41.7 Å². The SMILES string of the molecule is COc1cccc(C(N)CN(C)CCCN(C)C)c1. The van der Waals surface area contributed by atoms with Crippen LogP contribution in [0.1, 0.15) is 18.0 Å². The van der Waals surface area contributed by atoms with Gasteiger partial charge in [0.2, 0.25) is 0 Å². The Labute approximate surface area is 117 Å². The van der Waals surface area contributed by atoms with E-state index in [9.17, 15) is 0 Å². The number of hydrogen-bond donors (Lipinski definition) is 1. The molecule has 4 heteroatoms. The van der Waals surface area contributed by atoms with Crippen LogP contribution in [-0.4, -0.2) is 57.7 Å². The lowest BCUT2D eigenvalue weighted by Gasteiger charge is -2.22. The minimum absolute atomic E-state index is 0.0273. The molecule has 1 aromatic rings. The molecule has 1 unspecified atom stereocenters. The van der Waals surface area contributed by atoms with Gasteiger partial charge in [0.25, 0.3) is 0 Å². The van der Waals surface area contributed by atoms with Crippen LogP contribution in [0.3, 0.4) is 0 Å². The molecule has 0 bridgehead atoms. The summed E-state index contributed by atoms with van der Waals surface area (Å²) in [6.07, 6.45) is 1.16. The van der Waals surface area contributed by atoms with Crippen molar-refractivity contribution < 1.29 is 4.74 Å². The molecular formula is C15H27N3O. The quantitative estimate of drug-likeness (QED) is 0.775. The minimum atomic E-state index is 0.0273. The Kier molecular flexibility index (Phi) is 6.84. The molecule has 2 N–H and O–H groups in total. The van der Waals surface area contributed by atoms with E-state index in [1.807, 2.05) is 18.2 Å². The van der Waals surface area contributed by atoms with Crippen LogP contribution in [-0.2, 0) is 0 Å². The average molecular weight is 265 g/mol. The lowest BCUT2D eigenvalue weighted by Crippen LogP contribution is -2.31. The third-order valence-electron chi connectivity index (χ3n) is 3.18. The maximum atomic E-state index is 6.24. The molecule has 1 rings (SSSR count). The molecule has 1 atom stereocenters. The second-order valence-electron chi connectivity index (χ2n) is 5.30. The van der Waals surface area contributed by atoms with Gasteiger partial charge in [-0.05, 0) is 58.3 Å². The summed E-state index contributed by atoms with van der Waals surface area (Å²) in [5, 5.41) is 0. The van der Waals surface area contributed by atoms with E-state index in [1.54, 1.807) is 7.11 Å². The smallest absolute Gasteiger partial charge is 0.119 e. The summed E-state index contributed by atoms with van der Waals surface area (Å²) in [7, 11) is 8.00. The average Bonchev–Trinajstić information content (AvgIpc) is 2.38. The van der Waals surface area contributed by atoms with Gasteiger partial charge in [0.15, 0.2) is 0 Å². The fourth-order valence-corrected chi connectivity index (χ4v) is 2.06. The number of nitrogens with zero attached hydrogens (tertiary/aromatic N) is 2. The second-order valence-corrected chi connectivity index (χ2v) is 5.30. The van der Waals surface area contributed by atoms with E-state index in [1.165, 1.54) is 0 Å². The zero-order valence-corrected chi connectivity index (χ0v) is 12.6. The van der Waals surface area contributed by atoms with Gasteiger partial charge >= 0.3 is 0 Å². The summed E-state index contributed by atoms with van der Waals surface area (Å²) < 4.78 is 5.23. The predicted molar refractivity (Wildman–Crippen MR) is 80.6 cm³/mol. The largest absolute Gasteiger partial charge is 0.497 e. The molecule has 108 valence electrons. The van der Waals surface area contributed by atoms with E-state index in [2.05, 4.69) is 37.0 Å². The third-order valence-corrected chi connectivity index (χ3v) is 3.18. The van der Waals surface area contributed by atoms with Crippen molar-refractivity contribution in [3.05, 3.63) is 29.8 Å². The summed E-state index contributed by atoms with van der Waals surface area (Å²) in [5.74, 6) is 0.864. The van der Waals surface area contributed by atoms with Crippen molar-refractivity contribution in [1.29, 1.82) is 0 Å². The highest BCUT2D eigenvalue weighted by Crippen LogP contribution is 2.18. The third kappa shape index (κ3) is 6.05. The van der Waals surface area contributed by atoms with Crippen LogP contribution in [0.25, 0.3) is 0 Å². The normalized spacial score (nSPS) is 13.0. The first-order chi connectivity index (χ1) is 9.02. The maximum absolute atomic E-state index is 6.24. The molecule has 19 heavy (non-hydrogen) atoms. The molecule has 0 amide bonds. The first kappa shape index (κ1) is 16.0. The van der Waals surface area contributed by atoms with Crippen molar-refractivity contribution in [3.63, 3.8) is 0 Å². The zero-order chi connectivity index (χ0) is 14.3. The van der Waals surface area contributed by atoms with Crippen molar-refractivity contribution >= 4 is 0 Å². The van der Waals surface area contributed by atoms with Gasteiger partial charge in [-0.1, -0.05) is 12.1 Å². The van der Waals surface area contributed by atoms with E-state index in [0.717, 1.165) is 37.4 Å². The van der Waals surface area contributed by atoms with Crippen LogP contribution in [0.15, 0.2) is 24.3 Å². The first-order valence-corrected chi connectivity index (χ1v) is 6.75. The Morgan fingerprint density at radius 2 is 1.95 bits per heavy atom. The Morgan fingerprint density at radius 3 is 2.58 bits per heavy atom. The standard InChI is InChI=1S/C15H27N3O/c1-17(2)9-6-10-18(3)12-15(16)13-7-5-8-14(11-13)19-4/h5,7-8,11,15H,6,9-10,12,16H2,1-4H3. The van der Waals surface area contributed by atoms with E-state index in [4.69, 9.17) is 10.5 Å². The van der Waals surface area contributed by atoms with Crippen molar-refractivity contribution in [2.75, 3.05) is 47.9 Å². The van der Waals surface area contributed by atoms with Crippen molar-refractivity contribution in [3.8, 4) is 5.75 Å². The summed E-state index contributed by atoms with van der Waals surface area (Å²) in [4.78, 5) is 4.49. The first-order valence-electron chi connectivity index (χ1n) is 6.75. The highest BCUT2D eigenvalue weighted by Gasteiger charge is 2.10. The van der Waals surface area contributed by atoms with E-state index >= 15 is 0 Å². The number of methoxy groups -OCH3 is 1. The van der Waals surface area contributed by atoms with Crippen molar-refractivity contribution in [1.82, 2.24) is 9.80 Å². The predicted octanol–water partition coefficient (Wildman–Crippen LogP) is 1.58. The molecule has 0 aliphatic rings. The molecule has 0 aliphatic heterocycles. The summed E-state index contributed by atoms with van der Waals surface area (Å²) in [6, 6.07) is 8.02. The molecule has 0 saturated heterocycles. The van der Waals surface area contributed by atoms with Gasteiger partial charge < -0.3 is 20.3 Å². The second kappa shape index (κ2) is 8.15. The van der Waals surface area contributed by atoms with Crippen LogP contribution in [0.4, 0.5) is 0 Å². The van der Waals surface area contributed by atoms with Crippen LogP contribution in [0, 0.1) is 0 Å². The van der Waals surface area contributed by atoms with Crippen molar-refractivity contribution in [2.45, 2.75) is 12.5 Å². The monoisotopic (exact) mass is 265 g/mol. The number of hydrogen-bond acceptors (Lipinski definition) is 4. The van der Waals surface area contributed by atoms with Gasteiger partial charge in [-0.15, -0.1) is 0 Å². The van der Waals surface area contributed by atoms with Crippen LogP contribution >= 0.6 is 0 Å². The molecule has 0 radical (unpaired) electrons. The van der Waals surface area contributed by atoms with Gasteiger partial charge in [0.05, 0.1) is 7.11 Å². The summed E-state index contributed by atoms with van der Waals surface area (Å²) in [6.45, 7) is 3.04. The van der Waals surface area contributed by atoms with Gasteiger partial charge in [0, 0.05) is 12.6 Å². The van der Waals surface area contributed by atoms with Gasteiger partial charge in [-0.25, -0.2) is 0 Å². The van der Waals surface area contributed by atoms with Crippen LogP contribution in [0.5, 0.6) is 5.75 Å². The van der Waals surface area contributed by atoms with E-state index < -0.39 is 0 Å². The highest BCUT2D eigenvalue weighted by atomic mass is 16.5. The fraction of sp³-hybridized carbons (Fsp3) is 0.600. The van der Waals surface area contributed by atoms with Gasteiger partial charge in [-0.2, -0.15) is 0 Å². The number of ether oxygens (including phenoxy) is 1. The summed E-state index contributed by atoms with van der Waals surface area (Å²) in [5.41, 5.74) is 7.37. The molecule has 4 nitrogen and oxygen atoms in total. The Balaban J connectivity index is 2.42. The molecule has 0 spiro atoms. The Morgan fingerprint density at radius 1 is 1.21 bits per heavy atom. The lowest BCUT2D eigenvalue weighted by molar-refractivity contribution is 0.286. The van der Waals surface area contributed by atoms with Crippen LogP contribution < -0.4 is 10.5 Å². The van der Waals surface area contributed by atoms with Crippen molar-refractivity contribution in [2.24, 2.45) is 5.73 Å².